The molecule has 0 spiro atoms. The third kappa shape index (κ3) is 3.27. The zero-order valence-electron chi connectivity index (χ0n) is 12.1. The molecule has 0 saturated heterocycles. The van der Waals surface area contributed by atoms with E-state index in [-0.39, 0.29) is 5.82 Å². The van der Waals surface area contributed by atoms with Crippen LogP contribution < -0.4 is 5.32 Å². The quantitative estimate of drug-likeness (QED) is 0.943. The fraction of sp³-hybridized carbons (Fsp3) is 0.467. The highest BCUT2D eigenvalue weighted by molar-refractivity contribution is 7.99. The summed E-state index contributed by atoms with van der Waals surface area (Å²) in [6, 6.07) is 5.35. The minimum Gasteiger partial charge on any atom is -0.316 e. The van der Waals surface area contributed by atoms with Gasteiger partial charge in [-0.1, -0.05) is 12.5 Å². The van der Waals surface area contributed by atoms with E-state index in [4.69, 9.17) is 0 Å². The van der Waals surface area contributed by atoms with Gasteiger partial charge in [-0.05, 0) is 49.3 Å². The first kappa shape index (κ1) is 14.5. The zero-order valence-corrected chi connectivity index (χ0v) is 12.9. The van der Waals surface area contributed by atoms with Crippen LogP contribution in [-0.2, 0) is 19.5 Å². The summed E-state index contributed by atoms with van der Waals surface area (Å²) in [7, 11) is 1.85. The lowest BCUT2D eigenvalue weighted by molar-refractivity contribution is 0.585. The highest BCUT2D eigenvalue weighted by atomic mass is 32.2. The van der Waals surface area contributed by atoms with E-state index in [0.717, 1.165) is 42.4 Å². The van der Waals surface area contributed by atoms with E-state index in [1.54, 1.807) is 6.07 Å². The van der Waals surface area contributed by atoms with Crippen LogP contribution in [0.25, 0.3) is 0 Å². The average Bonchev–Trinajstić information content (AvgIpc) is 2.70. The molecule has 1 N–H and O–H groups in total. The molecule has 0 amide bonds. The topological polar surface area (TPSA) is 42.7 Å². The molecule has 0 radical (unpaired) electrons. The van der Waals surface area contributed by atoms with Crippen LogP contribution in [-0.4, -0.2) is 21.8 Å². The van der Waals surface area contributed by atoms with E-state index in [1.165, 1.54) is 18.2 Å². The number of nitrogens with zero attached hydrogens (tertiary/aromatic N) is 3. The van der Waals surface area contributed by atoms with Gasteiger partial charge in [0.25, 0.3) is 0 Å². The molecule has 1 aromatic heterocycles. The monoisotopic (exact) mass is 306 g/mol. The summed E-state index contributed by atoms with van der Waals surface area (Å²) >= 11 is 1.37. The van der Waals surface area contributed by atoms with Crippen molar-refractivity contribution in [1.29, 1.82) is 0 Å². The number of rotatable bonds is 4. The first-order chi connectivity index (χ1) is 10.3. The third-order valence-electron chi connectivity index (χ3n) is 3.65. The molecular weight excluding hydrogens is 287 g/mol. The summed E-state index contributed by atoms with van der Waals surface area (Å²) in [4.78, 5) is 0.606. The highest BCUT2D eigenvalue weighted by Crippen LogP contribution is 2.30. The van der Waals surface area contributed by atoms with Crippen molar-refractivity contribution in [3.05, 3.63) is 35.4 Å². The lowest BCUT2D eigenvalue weighted by Crippen LogP contribution is -2.05. The van der Waals surface area contributed by atoms with Gasteiger partial charge in [-0.2, -0.15) is 0 Å². The van der Waals surface area contributed by atoms with Gasteiger partial charge in [-0.15, -0.1) is 10.2 Å². The Kier molecular flexibility index (Phi) is 4.55. The summed E-state index contributed by atoms with van der Waals surface area (Å²) in [5.41, 5.74) is 0.944. The first-order valence-corrected chi connectivity index (χ1v) is 8.12. The Labute approximate surface area is 128 Å². The molecule has 112 valence electrons. The maximum absolute atomic E-state index is 14.2. The Morgan fingerprint density at radius 1 is 1.29 bits per heavy atom. The lowest BCUT2D eigenvalue weighted by atomic mass is 10.2. The first-order valence-electron chi connectivity index (χ1n) is 7.31. The standard InChI is InChI=1S/C15H19FN4S/c1-17-10-11-6-7-13(12(16)9-11)21-15-19-18-14-5-3-2-4-8-20(14)15/h6-7,9,17H,2-5,8,10H2,1H3. The van der Waals surface area contributed by atoms with Crippen LogP contribution in [0.5, 0.6) is 0 Å². The Morgan fingerprint density at radius 3 is 3.00 bits per heavy atom. The maximum Gasteiger partial charge on any atom is 0.196 e. The Balaban J connectivity index is 1.82. The average molecular weight is 306 g/mol. The Morgan fingerprint density at radius 2 is 2.19 bits per heavy atom. The molecule has 21 heavy (non-hydrogen) atoms. The second-order valence-corrected chi connectivity index (χ2v) is 6.27. The molecule has 3 rings (SSSR count). The van der Waals surface area contributed by atoms with E-state index < -0.39 is 0 Å². The van der Waals surface area contributed by atoms with Crippen molar-refractivity contribution in [3.63, 3.8) is 0 Å². The van der Waals surface area contributed by atoms with Crippen molar-refractivity contribution in [1.82, 2.24) is 20.1 Å². The molecule has 0 saturated carbocycles. The van der Waals surface area contributed by atoms with E-state index in [9.17, 15) is 4.39 Å². The number of halogens is 1. The molecule has 1 aromatic carbocycles. The largest absolute Gasteiger partial charge is 0.316 e. The van der Waals surface area contributed by atoms with Crippen LogP contribution in [0.4, 0.5) is 4.39 Å². The zero-order chi connectivity index (χ0) is 14.7. The number of hydrogen-bond donors (Lipinski definition) is 1. The lowest BCUT2D eigenvalue weighted by Gasteiger charge is -2.08. The molecule has 0 fully saturated rings. The number of fused-ring (bicyclic) bond motifs is 1. The highest BCUT2D eigenvalue weighted by Gasteiger charge is 2.17. The second-order valence-electron chi connectivity index (χ2n) is 5.26. The van der Waals surface area contributed by atoms with Crippen molar-refractivity contribution < 1.29 is 4.39 Å². The van der Waals surface area contributed by atoms with Crippen LogP contribution in [0.1, 0.15) is 30.7 Å². The number of aromatic nitrogens is 3. The second kappa shape index (κ2) is 6.58. The summed E-state index contributed by atoms with van der Waals surface area (Å²) in [6.45, 7) is 1.60. The van der Waals surface area contributed by atoms with Gasteiger partial charge in [-0.3, -0.25) is 0 Å². The predicted molar refractivity (Wildman–Crippen MR) is 80.9 cm³/mol. The summed E-state index contributed by atoms with van der Waals surface area (Å²) < 4.78 is 16.3. The van der Waals surface area contributed by atoms with Gasteiger partial charge in [0.2, 0.25) is 0 Å². The number of benzene rings is 1. The minimum absolute atomic E-state index is 0.196. The molecule has 0 unspecified atom stereocenters. The van der Waals surface area contributed by atoms with Gasteiger partial charge in [0.1, 0.15) is 11.6 Å². The summed E-state index contributed by atoms with van der Waals surface area (Å²) in [5.74, 6) is 0.834. The van der Waals surface area contributed by atoms with Crippen LogP contribution in [0.2, 0.25) is 0 Å². The van der Waals surface area contributed by atoms with Gasteiger partial charge >= 0.3 is 0 Å². The fourth-order valence-electron chi connectivity index (χ4n) is 2.57. The Bertz CT molecular complexity index is 626. The van der Waals surface area contributed by atoms with Gasteiger partial charge in [0, 0.05) is 19.5 Å². The van der Waals surface area contributed by atoms with Crippen molar-refractivity contribution in [3.8, 4) is 0 Å². The molecule has 2 heterocycles. The molecular formula is C15H19FN4S. The summed E-state index contributed by atoms with van der Waals surface area (Å²) in [5, 5.41) is 12.3. The molecule has 4 nitrogen and oxygen atoms in total. The molecule has 0 aliphatic carbocycles. The van der Waals surface area contributed by atoms with Crippen LogP contribution in [0.3, 0.4) is 0 Å². The van der Waals surface area contributed by atoms with E-state index >= 15 is 0 Å². The third-order valence-corrected chi connectivity index (χ3v) is 4.69. The van der Waals surface area contributed by atoms with Crippen molar-refractivity contribution in [2.45, 2.75) is 48.8 Å². The SMILES string of the molecule is CNCc1ccc(Sc2nnc3n2CCCCC3)c(F)c1. The van der Waals surface area contributed by atoms with Crippen LogP contribution in [0.15, 0.2) is 28.3 Å². The van der Waals surface area contributed by atoms with Crippen LogP contribution >= 0.6 is 11.8 Å². The molecule has 0 bridgehead atoms. The van der Waals surface area contributed by atoms with E-state index in [0.29, 0.717) is 11.4 Å². The van der Waals surface area contributed by atoms with Gasteiger partial charge < -0.3 is 9.88 Å². The predicted octanol–water partition coefficient (Wildman–Crippen LogP) is 3.01. The van der Waals surface area contributed by atoms with Gasteiger partial charge in [0.15, 0.2) is 5.16 Å². The van der Waals surface area contributed by atoms with E-state index in [1.807, 2.05) is 19.2 Å². The smallest absolute Gasteiger partial charge is 0.196 e. The molecule has 0 atom stereocenters. The van der Waals surface area contributed by atoms with E-state index in [2.05, 4.69) is 20.1 Å². The van der Waals surface area contributed by atoms with Crippen molar-refractivity contribution in [2.75, 3.05) is 7.05 Å². The van der Waals surface area contributed by atoms with Gasteiger partial charge in [-0.25, -0.2) is 4.39 Å². The molecule has 1 aliphatic rings. The number of nitrogens with one attached hydrogen (secondary N) is 1. The van der Waals surface area contributed by atoms with Crippen molar-refractivity contribution in [2.24, 2.45) is 0 Å². The normalized spacial score (nSPS) is 14.8. The maximum atomic E-state index is 14.2. The van der Waals surface area contributed by atoms with Crippen LogP contribution in [0, 0.1) is 5.82 Å². The molecule has 1 aliphatic heterocycles. The molecule has 2 aromatic rings. The summed E-state index contributed by atoms with van der Waals surface area (Å²) in [6.07, 6.45) is 4.50. The van der Waals surface area contributed by atoms with Gasteiger partial charge in [0.05, 0.1) is 4.90 Å². The fourth-order valence-corrected chi connectivity index (χ4v) is 3.45. The van der Waals surface area contributed by atoms with Crippen molar-refractivity contribution >= 4 is 11.8 Å². The number of aryl methyl sites for hydroxylation is 1. The molecule has 6 heteroatoms. The minimum atomic E-state index is -0.196. The number of hydrogen-bond acceptors (Lipinski definition) is 4. The Hall–Kier alpha value is -1.40.